The van der Waals surface area contributed by atoms with Gasteiger partial charge in [0.1, 0.15) is 17.9 Å². The first-order chi connectivity index (χ1) is 17.9. The van der Waals surface area contributed by atoms with Crippen molar-refractivity contribution in [1.82, 2.24) is 20.0 Å². The molecular weight excluding hydrogens is 466 g/mol. The standard InChI is InChI=1S/C29H33N5O3/c1-3-21-12-14-29(15-13-21)27(36)33(28(37)31-29)19-26(35)30-25-17-24(23-11-7-8-20(2)16-23)32-34(25)18-22-9-5-4-6-10-22/h4-11,16-17,21H,3,12-15,18-19H2,1-2H3,(H,30,35)(H,31,37). The molecule has 0 radical (unpaired) electrons. The van der Waals surface area contributed by atoms with Crippen LogP contribution in [0.25, 0.3) is 11.3 Å². The van der Waals surface area contributed by atoms with E-state index < -0.39 is 17.5 Å². The Morgan fingerprint density at radius 2 is 1.84 bits per heavy atom. The second kappa shape index (κ2) is 10.2. The third-order valence-corrected chi connectivity index (χ3v) is 7.62. The average molecular weight is 500 g/mol. The Morgan fingerprint density at radius 3 is 2.54 bits per heavy atom. The van der Waals surface area contributed by atoms with E-state index in [2.05, 4.69) is 17.6 Å². The molecule has 2 fully saturated rings. The van der Waals surface area contributed by atoms with Crippen LogP contribution in [0.4, 0.5) is 10.6 Å². The van der Waals surface area contributed by atoms with Gasteiger partial charge in [-0.3, -0.25) is 14.5 Å². The molecule has 0 atom stereocenters. The van der Waals surface area contributed by atoms with Crippen molar-refractivity contribution < 1.29 is 14.4 Å². The lowest BCUT2D eigenvalue weighted by Gasteiger charge is -2.34. The van der Waals surface area contributed by atoms with Gasteiger partial charge < -0.3 is 10.6 Å². The molecule has 3 aromatic rings. The second-order valence-corrected chi connectivity index (χ2v) is 10.2. The van der Waals surface area contributed by atoms with E-state index in [1.165, 1.54) is 0 Å². The van der Waals surface area contributed by atoms with Gasteiger partial charge in [-0.15, -0.1) is 0 Å². The smallest absolute Gasteiger partial charge is 0.323 e. The molecular formula is C29H33N5O3. The number of rotatable bonds is 7. The topological polar surface area (TPSA) is 96.3 Å². The van der Waals surface area contributed by atoms with Crippen LogP contribution in [0.15, 0.2) is 60.7 Å². The van der Waals surface area contributed by atoms with Crippen molar-refractivity contribution in [2.24, 2.45) is 5.92 Å². The maximum absolute atomic E-state index is 13.2. The number of hydrogen-bond donors (Lipinski definition) is 2. The molecule has 1 saturated heterocycles. The summed E-state index contributed by atoms with van der Waals surface area (Å²) in [5, 5.41) is 10.6. The number of hydrogen-bond acceptors (Lipinski definition) is 4. The maximum Gasteiger partial charge on any atom is 0.325 e. The molecule has 8 heteroatoms. The number of nitrogens with one attached hydrogen (secondary N) is 2. The van der Waals surface area contributed by atoms with Gasteiger partial charge in [0.25, 0.3) is 5.91 Å². The van der Waals surface area contributed by atoms with E-state index >= 15 is 0 Å². The summed E-state index contributed by atoms with van der Waals surface area (Å²) in [5.74, 6) is 0.365. The second-order valence-electron chi connectivity index (χ2n) is 10.2. The van der Waals surface area contributed by atoms with Crippen LogP contribution in [0.2, 0.25) is 0 Å². The van der Waals surface area contributed by atoms with Gasteiger partial charge in [-0.05, 0) is 50.2 Å². The molecule has 1 aliphatic heterocycles. The van der Waals surface area contributed by atoms with E-state index in [-0.39, 0.29) is 12.5 Å². The van der Waals surface area contributed by atoms with E-state index in [0.29, 0.717) is 31.1 Å². The SMILES string of the molecule is CCC1CCC2(CC1)NC(=O)N(CC(=O)Nc1cc(-c3cccc(C)c3)nn1Cc1ccccc1)C2=O. The fraction of sp³-hybridized carbons (Fsp3) is 0.379. The number of imide groups is 1. The number of aromatic nitrogens is 2. The zero-order valence-corrected chi connectivity index (χ0v) is 21.4. The molecule has 0 unspecified atom stereocenters. The molecule has 4 amide bonds. The molecule has 192 valence electrons. The molecule has 5 rings (SSSR count). The molecule has 8 nitrogen and oxygen atoms in total. The lowest BCUT2D eigenvalue weighted by molar-refractivity contribution is -0.135. The van der Waals surface area contributed by atoms with Crippen LogP contribution in [-0.2, 0) is 16.1 Å². The molecule has 1 aromatic heterocycles. The van der Waals surface area contributed by atoms with Gasteiger partial charge in [0.05, 0.1) is 12.2 Å². The van der Waals surface area contributed by atoms with Crippen molar-refractivity contribution in [2.45, 2.75) is 58.0 Å². The fourth-order valence-corrected chi connectivity index (χ4v) is 5.40. The van der Waals surface area contributed by atoms with Gasteiger partial charge in [0.2, 0.25) is 5.91 Å². The van der Waals surface area contributed by atoms with Gasteiger partial charge in [-0.2, -0.15) is 5.10 Å². The maximum atomic E-state index is 13.2. The minimum absolute atomic E-state index is 0.291. The Kier molecular flexibility index (Phi) is 6.82. The summed E-state index contributed by atoms with van der Waals surface area (Å²) in [7, 11) is 0. The zero-order valence-electron chi connectivity index (χ0n) is 21.4. The normalized spacial score (nSPS) is 21.4. The van der Waals surface area contributed by atoms with E-state index in [9.17, 15) is 14.4 Å². The number of anilines is 1. The van der Waals surface area contributed by atoms with Crippen LogP contribution in [0, 0.1) is 12.8 Å². The average Bonchev–Trinajstić information content (AvgIpc) is 3.38. The van der Waals surface area contributed by atoms with Crippen LogP contribution in [0.3, 0.4) is 0 Å². The van der Waals surface area contributed by atoms with Crippen LogP contribution in [-0.4, -0.2) is 44.6 Å². The Hall–Kier alpha value is -3.94. The predicted octanol–water partition coefficient (Wildman–Crippen LogP) is 4.74. The number of amides is 4. The number of benzene rings is 2. The highest BCUT2D eigenvalue weighted by atomic mass is 16.2. The Morgan fingerprint density at radius 1 is 1.08 bits per heavy atom. The van der Waals surface area contributed by atoms with Crippen molar-refractivity contribution in [3.8, 4) is 11.3 Å². The van der Waals surface area contributed by atoms with Crippen LogP contribution >= 0.6 is 0 Å². The predicted molar refractivity (Wildman–Crippen MR) is 142 cm³/mol. The summed E-state index contributed by atoms with van der Waals surface area (Å²) < 4.78 is 1.74. The summed E-state index contributed by atoms with van der Waals surface area (Å²) in [6, 6.07) is 19.2. The summed E-state index contributed by atoms with van der Waals surface area (Å²) in [6.07, 6.45) is 4.13. The van der Waals surface area contributed by atoms with Gasteiger partial charge in [0, 0.05) is 11.6 Å². The molecule has 2 N–H and O–H groups in total. The Bertz CT molecular complexity index is 1310. The molecule has 37 heavy (non-hydrogen) atoms. The number of carbonyl (C=O) groups excluding carboxylic acids is 3. The van der Waals surface area contributed by atoms with Crippen molar-refractivity contribution in [1.29, 1.82) is 0 Å². The fourth-order valence-electron chi connectivity index (χ4n) is 5.40. The highest BCUT2D eigenvalue weighted by molar-refractivity contribution is 6.10. The first-order valence-electron chi connectivity index (χ1n) is 13.0. The van der Waals surface area contributed by atoms with Crippen LogP contribution in [0.5, 0.6) is 0 Å². The van der Waals surface area contributed by atoms with Crippen molar-refractivity contribution >= 4 is 23.7 Å². The van der Waals surface area contributed by atoms with Crippen molar-refractivity contribution in [2.75, 3.05) is 11.9 Å². The first kappa shape index (κ1) is 24.7. The Balaban J connectivity index is 1.34. The number of aryl methyl sites for hydroxylation is 1. The lowest BCUT2D eigenvalue weighted by atomic mass is 9.75. The molecule has 2 aliphatic rings. The Labute approximate surface area is 217 Å². The van der Waals surface area contributed by atoms with E-state index in [4.69, 9.17) is 5.10 Å². The molecule has 0 bridgehead atoms. The highest BCUT2D eigenvalue weighted by Gasteiger charge is 2.52. The largest absolute Gasteiger partial charge is 0.325 e. The first-order valence-corrected chi connectivity index (χ1v) is 13.0. The van der Waals surface area contributed by atoms with Gasteiger partial charge in [-0.25, -0.2) is 9.48 Å². The summed E-state index contributed by atoms with van der Waals surface area (Å²) >= 11 is 0. The third-order valence-electron chi connectivity index (χ3n) is 7.62. The van der Waals surface area contributed by atoms with E-state index in [0.717, 1.165) is 46.5 Å². The van der Waals surface area contributed by atoms with Crippen molar-refractivity contribution in [3.05, 3.63) is 71.8 Å². The number of carbonyl (C=O) groups is 3. The molecule has 1 spiro atoms. The number of urea groups is 1. The van der Waals surface area contributed by atoms with E-state index in [1.807, 2.05) is 67.6 Å². The van der Waals surface area contributed by atoms with Gasteiger partial charge >= 0.3 is 6.03 Å². The molecule has 2 heterocycles. The minimum Gasteiger partial charge on any atom is -0.323 e. The minimum atomic E-state index is -0.865. The molecule has 1 aliphatic carbocycles. The van der Waals surface area contributed by atoms with E-state index in [1.54, 1.807) is 4.68 Å². The number of nitrogens with zero attached hydrogens (tertiary/aromatic N) is 3. The third kappa shape index (κ3) is 5.14. The van der Waals surface area contributed by atoms with Gasteiger partial charge in [-0.1, -0.05) is 67.4 Å². The molecule has 2 aromatic carbocycles. The quantitative estimate of drug-likeness (QED) is 0.459. The summed E-state index contributed by atoms with van der Waals surface area (Å²) in [5.41, 5.74) is 2.96. The van der Waals surface area contributed by atoms with Crippen molar-refractivity contribution in [3.63, 3.8) is 0 Å². The highest BCUT2D eigenvalue weighted by Crippen LogP contribution is 2.37. The summed E-state index contributed by atoms with van der Waals surface area (Å²) in [6.45, 7) is 4.31. The lowest BCUT2D eigenvalue weighted by Crippen LogP contribution is -2.49. The molecule has 1 saturated carbocycles. The summed E-state index contributed by atoms with van der Waals surface area (Å²) in [4.78, 5) is 40.1. The monoisotopic (exact) mass is 499 g/mol. The zero-order chi connectivity index (χ0) is 26.0. The van der Waals surface area contributed by atoms with Gasteiger partial charge in [0.15, 0.2) is 0 Å². The van der Waals surface area contributed by atoms with Crippen LogP contribution < -0.4 is 10.6 Å². The van der Waals surface area contributed by atoms with Crippen LogP contribution in [0.1, 0.15) is 50.2 Å².